The summed E-state index contributed by atoms with van der Waals surface area (Å²) < 4.78 is 6.04. The van der Waals surface area contributed by atoms with Gasteiger partial charge in [-0.3, -0.25) is 4.79 Å². The number of rotatable bonds is 5. The van der Waals surface area contributed by atoms with Crippen molar-refractivity contribution < 1.29 is 9.53 Å². The minimum Gasteiger partial charge on any atom is -0.497 e. The van der Waals surface area contributed by atoms with Crippen LogP contribution in [0.4, 0.5) is 11.4 Å². The molecule has 0 aromatic heterocycles. The molecule has 0 spiro atoms. The van der Waals surface area contributed by atoms with Crippen molar-refractivity contribution in [3.63, 3.8) is 0 Å². The Labute approximate surface area is 157 Å². The molecular formula is C20H23BrN2O2. The lowest BCUT2D eigenvalue weighted by molar-refractivity contribution is 0.102. The number of hydrogen-bond acceptors (Lipinski definition) is 3. The number of carbonyl (C=O) groups excluding carboxylic acids is 1. The zero-order valence-electron chi connectivity index (χ0n) is 14.3. The molecule has 1 saturated carbocycles. The van der Waals surface area contributed by atoms with Crippen molar-refractivity contribution in [3.8, 4) is 5.75 Å². The second-order valence-electron chi connectivity index (χ2n) is 6.35. The highest BCUT2D eigenvalue weighted by atomic mass is 79.9. The molecule has 1 amide bonds. The Kier molecular flexibility index (Phi) is 5.97. The van der Waals surface area contributed by atoms with Crippen molar-refractivity contribution in [3.05, 3.63) is 52.5 Å². The minimum atomic E-state index is -0.121. The van der Waals surface area contributed by atoms with Crippen molar-refractivity contribution in [1.29, 1.82) is 0 Å². The van der Waals surface area contributed by atoms with Gasteiger partial charge in [-0.1, -0.05) is 35.2 Å². The van der Waals surface area contributed by atoms with Gasteiger partial charge in [0.25, 0.3) is 5.91 Å². The highest BCUT2D eigenvalue weighted by Gasteiger charge is 2.18. The van der Waals surface area contributed by atoms with Crippen LogP contribution in [-0.2, 0) is 0 Å². The summed E-state index contributed by atoms with van der Waals surface area (Å²) in [6, 6.07) is 13.6. The van der Waals surface area contributed by atoms with Crippen LogP contribution in [0.15, 0.2) is 46.9 Å². The Morgan fingerprint density at radius 3 is 2.48 bits per heavy atom. The summed E-state index contributed by atoms with van der Waals surface area (Å²) in [5.41, 5.74) is 2.28. The maximum atomic E-state index is 12.8. The van der Waals surface area contributed by atoms with Crippen LogP contribution in [0.3, 0.4) is 0 Å². The molecule has 2 aromatic carbocycles. The summed E-state index contributed by atoms with van der Waals surface area (Å²) in [4.78, 5) is 12.8. The molecule has 0 unspecified atom stereocenters. The van der Waals surface area contributed by atoms with Crippen LogP contribution >= 0.6 is 15.9 Å². The zero-order chi connectivity index (χ0) is 17.6. The molecule has 25 heavy (non-hydrogen) atoms. The fraction of sp³-hybridized carbons (Fsp3) is 0.350. The Hall–Kier alpha value is -2.01. The third-order valence-electron chi connectivity index (χ3n) is 4.54. The lowest BCUT2D eigenvalue weighted by Crippen LogP contribution is -2.24. The molecule has 132 valence electrons. The van der Waals surface area contributed by atoms with Crippen molar-refractivity contribution in [2.75, 3.05) is 17.7 Å². The quantitative estimate of drug-likeness (QED) is 0.698. The summed E-state index contributed by atoms with van der Waals surface area (Å²) in [6.45, 7) is 0. The van der Waals surface area contributed by atoms with Gasteiger partial charge in [0.2, 0.25) is 0 Å². The Bertz CT molecular complexity index is 725. The number of benzene rings is 2. The average Bonchev–Trinajstić information content (AvgIpc) is 2.64. The summed E-state index contributed by atoms with van der Waals surface area (Å²) in [7, 11) is 1.62. The largest absolute Gasteiger partial charge is 0.497 e. The zero-order valence-corrected chi connectivity index (χ0v) is 15.9. The number of amides is 1. The minimum absolute atomic E-state index is 0.121. The van der Waals surface area contributed by atoms with Gasteiger partial charge < -0.3 is 15.4 Å². The van der Waals surface area contributed by atoms with Crippen molar-refractivity contribution in [1.82, 2.24) is 0 Å². The van der Waals surface area contributed by atoms with Gasteiger partial charge in [-0.2, -0.15) is 0 Å². The first-order chi connectivity index (χ1) is 12.2. The molecule has 2 aromatic rings. The van der Waals surface area contributed by atoms with Crippen LogP contribution in [0.5, 0.6) is 5.75 Å². The van der Waals surface area contributed by atoms with Crippen LogP contribution in [0.1, 0.15) is 42.5 Å². The van der Waals surface area contributed by atoms with Crippen LogP contribution in [0, 0.1) is 0 Å². The highest BCUT2D eigenvalue weighted by molar-refractivity contribution is 9.10. The van der Waals surface area contributed by atoms with Crippen molar-refractivity contribution >= 4 is 33.2 Å². The second kappa shape index (κ2) is 8.39. The highest BCUT2D eigenvalue weighted by Crippen LogP contribution is 2.27. The predicted molar refractivity (Wildman–Crippen MR) is 106 cm³/mol. The molecule has 0 heterocycles. The third-order valence-corrected chi connectivity index (χ3v) is 5.03. The lowest BCUT2D eigenvalue weighted by atomic mass is 9.95. The molecule has 3 rings (SSSR count). The molecule has 0 radical (unpaired) electrons. The topological polar surface area (TPSA) is 50.4 Å². The Balaban J connectivity index is 1.76. The number of halogens is 1. The fourth-order valence-corrected chi connectivity index (χ4v) is 3.53. The maximum Gasteiger partial charge on any atom is 0.257 e. The first kappa shape index (κ1) is 17.8. The van der Waals surface area contributed by atoms with Crippen molar-refractivity contribution in [2.24, 2.45) is 0 Å². The van der Waals surface area contributed by atoms with E-state index in [0.29, 0.717) is 11.6 Å². The van der Waals surface area contributed by atoms with Crippen LogP contribution in [-0.4, -0.2) is 19.1 Å². The first-order valence-electron chi connectivity index (χ1n) is 8.67. The number of nitrogens with one attached hydrogen (secondary N) is 2. The smallest absolute Gasteiger partial charge is 0.257 e. The van der Waals surface area contributed by atoms with Gasteiger partial charge in [0.1, 0.15) is 5.75 Å². The van der Waals surface area contributed by atoms with E-state index in [4.69, 9.17) is 4.74 Å². The molecule has 0 bridgehead atoms. The van der Waals surface area contributed by atoms with Gasteiger partial charge >= 0.3 is 0 Å². The van der Waals surface area contributed by atoms with Crippen molar-refractivity contribution in [2.45, 2.75) is 38.1 Å². The van der Waals surface area contributed by atoms with E-state index in [9.17, 15) is 4.79 Å². The fourth-order valence-electron chi connectivity index (χ4n) is 3.17. The van der Waals surface area contributed by atoms with E-state index in [1.807, 2.05) is 42.5 Å². The Morgan fingerprint density at radius 1 is 1.08 bits per heavy atom. The number of anilines is 2. The van der Waals surface area contributed by atoms with E-state index in [2.05, 4.69) is 26.6 Å². The summed E-state index contributed by atoms with van der Waals surface area (Å²) in [5.74, 6) is 0.643. The first-order valence-corrected chi connectivity index (χ1v) is 9.46. The van der Waals surface area contributed by atoms with E-state index in [-0.39, 0.29) is 5.91 Å². The molecule has 1 aliphatic rings. The van der Waals surface area contributed by atoms with E-state index in [0.717, 1.165) is 34.4 Å². The molecule has 0 atom stereocenters. The van der Waals surface area contributed by atoms with E-state index < -0.39 is 0 Å². The lowest BCUT2D eigenvalue weighted by Gasteiger charge is -2.25. The SMILES string of the molecule is COc1ccc(NC(=O)c2cc(Br)ccc2NC2CCCCC2)cc1. The molecule has 1 fully saturated rings. The summed E-state index contributed by atoms with van der Waals surface area (Å²) >= 11 is 3.47. The third kappa shape index (κ3) is 4.75. The molecule has 0 aliphatic heterocycles. The van der Waals surface area contributed by atoms with Gasteiger partial charge in [0.15, 0.2) is 0 Å². The number of methoxy groups -OCH3 is 1. The van der Waals surface area contributed by atoms with Gasteiger partial charge in [0, 0.05) is 21.9 Å². The van der Waals surface area contributed by atoms with Gasteiger partial charge in [-0.15, -0.1) is 0 Å². The molecule has 5 heteroatoms. The summed E-state index contributed by atoms with van der Waals surface area (Å²) in [6.07, 6.45) is 6.14. The molecule has 1 aliphatic carbocycles. The Morgan fingerprint density at radius 2 is 1.80 bits per heavy atom. The van der Waals surface area contributed by atoms with Crippen LogP contribution in [0.25, 0.3) is 0 Å². The molecular weight excluding hydrogens is 380 g/mol. The monoisotopic (exact) mass is 402 g/mol. The number of ether oxygens (including phenoxy) is 1. The van der Waals surface area contributed by atoms with Gasteiger partial charge in [0.05, 0.1) is 12.7 Å². The normalized spacial score (nSPS) is 14.8. The predicted octanol–water partition coefficient (Wildman–Crippen LogP) is 5.45. The van der Waals surface area contributed by atoms with Gasteiger partial charge in [-0.25, -0.2) is 0 Å². The maximum absolute atomic E-state index is 12.8. The second-order valence-corrected chi connectivity index (χ2v) is 7.27. The van der Waals surface area contributed by atoms with Crippen LogP contribution < -0.4 is 15.4 Å². The molecule has 2 N–H and O–H groups in total. The number of hydrogen-bond donors (Lipinski definition) is 2. The molecule has 0 saturated heterocycles. The van der Waals surface area contributed by atoms with E-state index in [1.165, 1.54) is 19.3 Å². The standard InChI is InChI=1S/C20H23BrN2O2/c1-25-17-10-8-16(9-11-17)23-20(24)18-13-14(21)7-12-19(18)22-15-5-3-2-4-6-15/h7-13,15,22H,2-6H2,1H3,(H,23,24). The van der Waals surface area contributed by atoms with E-state index in [1.54, 1.807) is 7.11 Å². The van der Waals surface area contributed by atoms with Gasteiger partial charge in [-0.05, 0) is 55.3 Å². The molecule has 4 nitrogen and oxygen atoms in total. The number of carbonyl (C=O) groups is 1. The summed E-state index contributed by atoms with van der Waals surface area (Å²) in [5, 5.41) is 6.52. The van der Waals surface area contributed by atoms with Crippen LogP contribution in [0.2, 0.25) is 0 Å². The van der Waals surface area contributed by atoms with E-state index >= 15 is 0 Å². The average molecular weight is 403 g/mol.